The number of hydrogen-bond acceptors (Lipinski definition) is 2. The van der Waals surface area contributed by atoms with Gasteiger partial charge in [-0.2, -0.15) is 0 Å². The molecule has 0 bridgehead atoms. The molecule has 3 unspecified atom stereocenters. The minimum absolute atomic E-state index is 0.286. The zero-order chi connectivity index (χ0) is 14.7. The van der Waals surface area contributed by atoms with E-state index in [1.165, 1.54) is 36.2 Å². The second kappa shape index (κ2) is 6.62. The number of nitrogens with zero attached hydrogens (tertiary/aromatic N) is 1. The maximum absolute atomic E-state index is 6.08. The van der Waals surface area contributed by atoms with Gasteiger partial charge in [-0.3, -0.25) is 0 Å². The highest BCUT2D eigenvalue weighted by Gasteiger charge is 2.23. The zero-order valence-electron chi connectivity index (χ0n) is 13.5. The number of piperidine rings is 1. The van der Waals surface area contributed by atoms with E-state index in [0.29, 0.717) is 6.04 Å². The molecule has 1 aliphatic heterocycles. The second-order valence-electron chi connectivity index (χ2n) is 6.66. The molecule has 3 atom stereocenters. The Morgan fingerprint density at radius 2 is 2.10 bits per heavy atom. The first-order valence-electron chi connectivity index (χ1n) is 8.13. The van der Waals surface area contributed by atoms with Gasteiger partial charge in [-0.15, -0.1) is 0 Å². The summed E-state index contributed by atoms with van der Waals surface area (Å²) in [5, 5.41) is 0. The predicted octanol–water partition coefficient (Wildman–Crippen LogP) is 3.90. The summed E-state index contributed by atoms with van der Waals surface area (Å²) in [6.45, 7) is 10.3. The molecule has 1 aromatic rings. The third kappa shape index (κ3) is 3.54. The van der Waals surface area contributed by atoms with Gasteiger partial charge in [-0.25, -0.2) is 0 Å². The largest absolute Gasteiger partial charge is 0.369 e. The Balaban J connectivity index is 2.12. The molecule has 2 heteroatoms. The van der Waals surface area contributed by atoms with Gasteiger partial charge in [-0.1, -0.05) is 19.9 Å². The van der Waals surface area contributed by atoms with Gasteiger partial charge >= 0.3 is 0 Å². The third-order valence-corrected chi connectivity index (χ3v) is 4.80. The molecule has 1 aliphatic rings. The maximum atomic E-state index is 6.08. The van der Waals surface area contributed by atoms with Crippen LogP contribution < -0.4 is 10.6 Å². The van der Waals surface area contributed by atoms with Crippen molar-refractivity contribution in [3.05, 3.63) is 29.3 Å². The minimum Gasteiger partial charge on any atom is -0.369 e. The summed E-state index contributed by atoms with van der Waals surface area (Å²) in [6, 6.07) is 7.86. The van der Waals surface area contributed by atoms with Crippen LogP contribution in [0.4, 0.5) is 5.69 Å². The highest BCUT2D eigenvalue weighted by atomic mass is 15.2. The Bertz CT molecular complexity index is 441. The minimum atomic E-state index is 0.286. The van der Waals surface area contributed by atoms with Crippen molar-refractivity contribution in [2.45, 2.75) is 65.5 Å². The average Bonchev–Trinajstić information content (AvgIpc) is 2.41. The third-order valence-electron chi connectivity index (χ3n) is 4.80. The molecule has 112 valence electrons. The molecule has 0 aliphatic carbocycles. The monoisotopic (exact) mass is 274 g/mol. The number of benzene rings is 1. The Morgan fingerprint density at radius 3 is 2.70 bits per heavy atom. The molecule has 0 amide bonds. The topological polar surface area (TPSA) is 29.3 Å². The molecule has 1 aromatic carbocycles. The summed E-state index contributed by atoms with van der Waals surface area (Å²) >= 11 is 0. The molecule has 1 heterocycles. The number of hydrogen-bond donors (Lipinski definition) is 1. The Hall–Kier alpha value is -1.02. The van der Waals surface area contributed by atoms with Crippen LogP contribution in [0.2, 0.25) is 0 Å². The first-order valence-corrected chi connectivity index (χ1v) is 8.13. The van der Waals surface area contributed by atoms with Crippen molar-refractivity contribution in [2.24, 2.45) is 11.7 Å². The molecule has 2 rings (SSSR count). The molecular formula is C18H30N2. The highest BCUT2D eigenvalue weighted by molar-refractivity contribution is 5.52. The summed E-state index contributed by atoms with van der Waals surface area (Å²) < 4.78 is 0. The fraction of sp³-hybridized carbons (Fsp3) is 0.667. The summed E-state index contributed by atoms with van der Waals surface area (Å²) in [5.41, 5.74) is 10.3. The SMILES string of the molecule is CCC(N)Cc1ccc(N2CCC(C)CC2C)cc1C. The van der Waals surface area contributed by atoms with Crippen LogP contribution in [0.25, 0.3) is 0 Å². The molecule has 2 N–H and O–H groups in total. The lowest BCUT2D eigenvalue weighted by molar-refractivity contribution is 0.378. The molecule has 0 saturated carbocycles. The molecular weight excluding hydrogens is 244 g/mol. The van der Waals surface area contributed by atoms with Crippen LogP contribution in [0.5, 0.6) is 0 Å². The van der Waals surface area contributed by atoms with E-state index in [-0.39, 0.29) is 6.04 Å². The van der Waals surface area contributed by atoms with Crippen molar-refractivity contribution >= 4 is 5.69 Å². The van der Waals surface area contributed by atoms with Gasteiger partial charge < -0.3 is 10.6 Å². The first kappa shape index (κ1) is 15.4. The fourth-order valence-electron chi connectivity index (χ4n) is 3.31. The maximum Gasteiger partial charge on any atom is 0.0371 e. The average molecular weight is 274 g/mol. The predicted molar refractivity (Wildman–Crippen MR) is 88.4 cm³/mol. The van der Waals surface area contributed by atoms with E-state index < -0.39 is 0 Å². The van der Waals surface area contributed by atoms with Crippen LogP contribution in [0, 0.1) is 12.8 Å². The molecule has 1 fully saturated rings. The van der Waals surface area contributed by atoms with E-state index >= 15 is 0 Å². The van der Waals surface area contributed by atoms with Crippen molar-refractivity contribution in [2.75, 3.05) is 11.4 Å². The van der Waals surface area contributed by atoms with Gasteiger partial charge in [-0.05, 0) is 68.7 Å². The highest BCUT2D eigenvalue weighted by Crippen LogP contribution is 2.29. The molecule has 0 spiro atoms. The van der Waals surface area contributed by atoms with E-state index in [0.717, 1.165) is 18.8 Å². The van der Waals surface area contributed by atoms with Gasteiger partial charge in [0, 0.05) is 24.3 Å². The first-order chi connectivity index (χ1) is 9.51. The normalized spacial score (nSPS) is 24.8. The Kier molecular flexibility index (Phi) is 5.09. The molecule has 1 saturated heterocycles. The van der Waals surface area contributed by atoms with Gasteiger partial charge in [0.25, 0.3) is 0 Å². The lowest BCUT2D eigenvalue weighted by Crippen LogP contribution is -2.40. The van der Waals surface area contributed by atoms with Crippen LogP contribution in [-0.2, 0) is 6.42 Å². The van der Waals surface area contributed by atoms with E-state index in [1.54, 1.807) is 0 Å². The van der Waals surface area contributed by atoms with Crippen molar-refractivity contribution in [3.8, 4) is 0 Å². The number of anilines is 1. The summed E-state index contributed by atoms with van der Waals surface area (Å²) in [5.74, 6) is 0.865. The standard InChI is InChI=1S/C18H30N2/c1-5-17(19)12-16-6-7-18(11-14(16)3)20-9-8-13(2)10-15(20)4/h6-7,11,13,15,17H,5,8-10,12,19H2,1-4H3. The van der Waals surface area contributed by atoms with Crippen LogP contribution in [0.1, 0.15) is 51.2 Å². The van der Waals surface area contributed by atoms with Crippen LogP contribution in [-0.4, -0.2) is 18.6 Å². The van der Waals surface area contributed by atoms with E-state index in [9.17, 15) is 0 Å². The van der Waals surface area contributed by atoms with Crippen molar-refractivity contribution < 1.29 is 0 Å². The number of aryl methyl sites for hydroxylation is 1. The smallest absolute Gasteiger partial charge is 0.0371 e. The molecule has 0 aromatic heterocycles. The summed E-state index contributed by atoms with van der Waals surface area (Å²) in [6.07, 6.45) is 4.66. The summed E-state index contributed by atoms with van der Waals surface area (Å²) in [4.78, 5) is 2.57. The second-order valence-corrected chi connectivity index (χ2v) is 6.66. The van der Waals surface area contributed by atoms with E-state index in [1.807, 2.05) is 0 Å². The Labute approximate surface area is 124 Å². The van der Waals surface area contributed by atoms with Crippen molar-refractivity contribution in [1.29, 1.82) is 0 Å². The fourth-order valence-corrected chi connectivity index (χ4v) is 3.31. The van der Waals surface area contributed by atoms with Crippen LogP contribution >= 0.6 is 0 Å². The van der Waals surface area contributed by atoms with Gasteiger partial charge in [0.2, 0.25) is 0 Å². The molecule has 20 heavy (non-hydrogen) atoms. The van der Waals surface area contributed by atoms with Gasteiger partial charge in [0.1, 0.15) is 0 Å². The van der Waals surface area contributed by atoms with Crippen LogP contribution in [0.3, 0.4) is 0 Å². The Morgan fingerprint density at radius 1 is 1.35 bits per heavy atom. The lowest BCUT2D eigenvalue weighted by atomic mass is 9.92. The number of nitrogens with two attached hydrogens (primary N) is 1. The lowest BCUT2D eigenvalue weighted by Gasteiger charge is -2.38. The van der Waals surface area contributed by atoms with Gasteiger partial charge in [0.05, 0.1) is 0 Å². The van der Waals surface area contributed by atoms with E-state index in [4.69, 9.17) is 5.73 Å². The molecule has 0 radical (unpaired) electrons. The van der Waals surface area contributed by atoms with Gasteiger partial charge in [0.15, 0.2) is 0 Å². The number of rotatable bonds is 4. The molecule has 2 nitrogen and oxygen atoms in total. The van der Waals surface area contributed by atoms with Crippen molar-refractivity contribution in [3.63, 3.8) is 0 Å². The van der Waals surface area contributed by atoms with E-state index in [2.05, 4.69) is 50.8 Å². The quantitative estimate of drug-likeness (QED) is 0.902. The zero-order valence-corrected chi connectivity index (χ0v) is 13.5. The van der Waals surface area contributed by atoms with Crippen LogP contribution in [0.15, 0.2) is 18.2 Å². The summed E-state index contributed by atoms with van der Waals surface area (Å²) in [7, 11) is 0. The van der Waals surface area contributed by atoms with Crippen molar-refractivity contribution in [1.82, 2.24) is 0 Å².